The molecule has 17 nitrogen and oxygen atoms in total. The maximum absolute atomic E-state index is 13.1. The molecule has 0 saturated carbocycles. The molecule has 0 amide bonds. The van der Waals surface area contributed by atoms with E-state index in [-0.39, 0.29) is 25.7 Å². The van der Waals surface area contributed by atoms with E-state index in [0.717, 1.165) is 102 Å². The average Bonchev–Trinajstić information content (AvgIpc) is 0.931. The summed E-state index contributed by atoms with van der Waals surface area (Å²) in [6.07, 6.45) is 67.9. The summed E-state index contributed by atoms with van der Waals surface area (Å²) in [6.45, 7) is 9.72. The Morgan fingerprint density at radius 1 is 0.260 bits per heavy atom. The van der Waals surface area contributed by atoms with Gasteiger partial charge in [-0.2, -0.15) is 0 Å². The number of ether oxygens (including phenoxy) is 4. The van der Waals surface area contributed by atoms with E-state index >= 15 is 0 Å². The van der Waals surface area contributed by atoms with Crippen LogP contribution >= 0.6 is 15.6 Å². The fraction of sp³-hybridized carbons (Fsp3) is 0.953. The molecule has 0 radical (unpaired) electrons. The number of hydrogen-bond donors (Lipinski definition) is 3. The molecule has 0 aromatic heterocycles. The quantitative estimate of drug-likeness (QED) is 0.0222. The van der Waals surface area contributed by atoms with E-state index in [1.807, 2.05) is 0 Å². The first-order valence-corrected chi connectivity index (χ1v) is 47.0. The first-order valence-electron chi connectivity index (χ1n) is 44.0. The Kier molecular flexibility index (Phi) is 75.0. The maximum atomic E-state index is 13.1. The lowest BCUT2D eigenvalue weighted by atomic mass is 10.0. The minimum absolute atomic E-state index is 0.109. The zero-order valence-corrected chi connectivity index (χ0v) is 70.1. The smallest absolute Gasteiger partial charge is 0.462 e. The van der Waals surface area contributed by atoms with Gasteiger partial charge in [0.25, 0.3) is 0 Å². The number of carbonyl (C=O) groups is 4. The van der Waals surface area contributed by atoms with Crippen molar-refractivity contribution in [3.05, 3.63) is 0 Å². The van der Waals surface area contributed by atoms with Crippen molar-refractivity contribution in [3.8, 4) is 0 Å². The summed E-state index contributed by atoms with van der Waals surface area (Å²) in [6, 6.07) is 0. The van der Waals surface area contributed by atoms with Crippen LogP contribution in [0.3, 0.4) is 0 Å². The number of phosphoric ester groups is 2. The van der Waals surface area contributed by atoms with Gasteiger partial charge in [0.1, 0.15) is 19.3 Å². The molecular formula is C85H166O17P2. The topological polar surface area (TPSA) is 237 Å². The molecule has 0 aromatic carbocycles. The van der Waals surface area contributed by atoms with E-state index in [0.29, 0.717) is 25.7 Å². The van der Waals surface area contributed by atoms with Gasteiger partial charge in [0.2, 0.25) is 0 Å². The third kappa shape index (κ3) is 78.2. The van der Waals surface area contributed by atoms with Crippen LogP contribution in [0, 0.1) is 11.8 Å². The van der Waals surface area contributed by atoms with E-state index < -0.39 is 97.5 Å². The molecule has 5 atom stereocenters. The molecule has 0 rings (SSSR count). The molecule has 0 aliphatic carbocycles. The summed E-state index contributed by atoms with van der Waals surface area (Å²) in [5.41, 5.74) is 0. The van der Waals surface area contributed by atoms with E-state index in [2.05, 4.69) is 41.5 Å². The van der Waals surface area contributed by atoms with Crippen LogP contribution in [0.5, 0.6) is 0 Å². The van der Waals surface area contributed by atoms with E-state index in [1.54, 1.807) is 0 Å². The van der Waals surface area contributed by atoms with Gasteiger partial charge in [0.15, 0.2) is 12.2 Å². The Morgan fingerprint density at radius 3 is 0.654 bits per heavy atom. The van der Waals surface area contributed by atoms with Crippen molar-refractivity contribution in [1.29, 1.82) is 0 Å². The van der Waals surface area contributed by atoms with Gasteiger partial charge in [0.05, 0.1) is 26.4 Å². The molecule has 0 saturated heterocycles. The van der Waals surface area contributed by atoms with Crippen LogP contribution in [0.4, 0.5) is 0 Å². The van der Waals surface area contributed by atoms with Crippen LogP contribution in [0.2, 0.25) is 0 Å². The van der Waals surface area contributed by atoms with Gasteiger partial charge in [-0.15, -0.1) is 0 Å². The van der Waals surface area contributed by atoms with Gasteiger partial charge >= 0.3 is 39.5 Å². The fourth-order valence-electron chi connectivity index (χ4n) is 13.2. The monoisotopic (exact) mass is 1520 g/mol. The molecule has 0 aliphatic rings. The molecule has 0 aliphatic heterocycles. The largest absolute Gasteiger partial charge is 0.472 e. The molecule has 3 N–H and O–H groups in total. The highest BCUT2D eigenvalue weighted by Gasteiger charge is 2.30. The second-order valence-electron chi connectivity index (χ2n) is 31.5. The highest BCUT2D eigenvalue weighted by atomic mass is 31.2. The molecule has 104 heavy (non-hydrogen) atoms. The molecule has 19 heteroatoms. The summed E-state index contributed by atoms with van der Waals surface area (Å²) in [5, 5.41) is 10.7. The van der Waals surface area contributed by atoms with Crippen LogP contribution in [0.25, 0.3) is 0 Å². The zero-order valence-electron chi connectivity index (χ0n) is 68.3. The van der Waals surface area contributed by atoms with Gasteiger partial charge in [-0.3, -0.25) is 37.3 Å². The number of esters is 4. The second kappa shape index (κ2) is 76.4. The number of unbranched alkanes of at least 4 members (excludes halogenated alkanes) is 54. The van der Waals surface area contributed by atoms with Gasteiger partial charge in [-0.25, -0.2) is 9.13 Å². The lowest BCUT2D eigenvalue weighted by molar-refractivity contribution is -0.161. The minimum Gasteiger partial charge on any atom is -0.462 e. The van der Waals surface area contributed by atoms with Gasteiger partial charge < -0.3 is 33.8 Å². The third-order valence-electron chi connectivity index (χ3n) is 20.0. The molecule has 618 valence electrons. The fourth-order valence-corrected chi connectivity index (χ4v) is 14.8. The molecule has 0 bridgehead atoms. The zero-order chi connectivity index (χ0) is 76.4. The SMILES string of the molecule is CCCCCCCCCCCCCCCCCCCC(=O)O[C@H](COC(=O)CCCCCCCCCCCC)COP(=O)(O)OC[C@H](O)COP(=O)(O)OC[C@@H](COC(=O)CCCCCCCCCCCCCCCCCC(C)C)OC(=O)CCCCCCCCCCCCCCCCCCC(C)C. The molecule has 0 spiro atoms. The number of hydrogen-bond acceptors (Lipinski definition) is 15. The average molecular weight is 1520 g/mol. The predicted octanol–water partition coefficient (Wildman–Crippen LogP) is 25.8. The van der Waals surface area contributed by atoms with Gasteiger partial charge in [0, 0.05) is 25.7 Å². The van der Waals surface area contributed by atoms with E-state index in [4.69, 9.17) is 37.0 Å². The van der Waals surface area contributed by atoms with Crippen molar-refractivity contribution >= 4 is 39.5 Å². The molecule has 0 heterocycles. The Hall–Kier alpha value is -1.94. The lowest BCUT2D eigenvalue weighted by Gasteiger charge is -2.21. The van der Waals surface area contributed by atoms with Crippen LogP contribution < -0.4 is 0 Å². The Labute approximate surface area is 638 Å². The number of carbonyl (C=O) groups excluding carboxylic acids is 4. The van der Waals surface area contributed by atoms with Crippen LogP contribution in [0.1, 0.15) is 452 Å². The summed E-state index contributed by atoms with van der Waals surface area (Å²) < 4.78 is 68.9. The number of phosphoric acid groups is 2. The Morgan fingerprint density at radius 2 is 0.442 bits per heavy atom. The summed E-state index contributed by atoms with van der Waals surface area (Å²) >= 11 is 0. The maximum Gasteiger partial charge on any atom is 0.472 e. The van der Waals surface area contributed by atoms with E-state index in [1.165, 1.54) is 270 Å². The second-order valence-corrected chi connectivity index (χ2v) is 34.4. The number of aliphatic hydroxyl groups excluding tert-OH is 1. The van der Waals surface area contributed by atoms with Gasteiger partial charge in [-0.05, 0) is 37.5 Å². The Balaban J connectivity index is 5.23. The highest BCUT2D eigenvalue weighted by molar-refractivity contribution is 7.47. The van der Waals surface area contributed by atoms with Crippen molar-refractivity contribution in [2.45, 2.75) is 471 Å². The van der Waals surface area contributed by atoms with Crippen LogP contribution in [-0.4, -0.2) is 96.7 Å². The van der Waals surface area contributed by atoms with Crippen molar-refractivity contribution in [3.63, 3.8) is 0 Å². The summed E-state index contributed by atoms with van der Waals surface area (Å²) in [5.74, 6) is -0.486. The normalized spacial score (nSPS) is 13.8. The van der Waals surface area contributed by atoms with Crippen molar-refractivity contribution < 1.29 is 80.2 Å². The van der Waals surface area contributed by atoms with Gasteiger partial charge in [-0.1, -0.05) is 401 Å². The molecule has 2 unspecified atom stereocenters. The lowest BCUT2D eigenvalue weighted by Crippen LogP contribution is -2.30. The van der Waals surface area contributed by atoms with Crippen LogP contribution in [-0.2, 0) is 65.4 Å². The van der Waals surface area contributed by atoms with Crippen LogP contribution in [0.15, 0.2) is 0 Å². The summed E-state index contributed by atoms with van der Waals surface area (Å²) in [7, 11) is -9.93. The minimum atomic E-state index is -4.96. The number of aliphatic hydroxyl groups is 1. The first-order chi connectivity index (χ1) is 50.4. The van der Waals surface area contributed by atoms with Crippen molar-refractivity contribution in [1.82, 2.24) is 0 Å². The third-order valence-corrected chi connectivity index (χ3v) is 21.9. The predicted molar refractivity (Wildman–Crippen MR) is 428 cm³/mol. The molecule has 0 aromatic rings. The molecular weight excluding hydrogens is 1350 g/mol. The highest BCUT2D eigenvalue weighted by Crippen LogP contribution is 2.45. The summed E-state index contributed by atoms with van der Waals surface area (Å²) in [4.78, 5) is 73.2. The van der Waals surface area contributed by atoms with E-state index in [9.17, 15) is 43.2 Å². The Bertz CT molecular complexity index is 1990. The standard InChI is InChI=1S/C85H166O17P2/c1-7-9-11-13-15-17-19-20-21-22-28-34-39-45-51-57-63-69-84(89)101-80(73-95-82(87)67-61-55-49-43-18-16-14-12-10-8-2)75-99-103(91,92)97-71-79(86)72-98-104(93,94)100-76-81(74-96-83(88)68-62-56-50-44-38-33-30-25-27-32-37-42-48-54-60-66-78(5)6)102-85(90)70-64-58-52-46-40-35-29-24-23-26-31-36-41-47-53-59-65-77(3)4/h77-81,86H,7-76H2,1-6H3,(H,91,92)(H,93,94)/t79-,80+,81+/m0/s1. The first kappa shape index (κ1) is 102. The van der Waals surface area contributed by atoms with Crippen molar-refractivity contribution in [2.24, 2.45) is 11.8 Å². The molecule has 0 fully saturated rings. The number of rotatable bonds is 84. The van der Waals surface area contributed by atoms with Crippen molar-refractivity contribution in [2.75, 3.05) is 39.6 Å².